The molecule has 13 heavy (non-hydrogen) atoms. The van der Waals surface area contributed by atoms with Crippen molar-refractivity contribution in [3.63, 3.8) is 0 Å². The zero-order valence-corrected chi connectivity index (χ0v) is 9.63. The summed E-state index contributed by atoms with van der Waals surface area (Å²) in [4.78, 5) is 11.5. The smallest absolute Gasteiger partial charge is 0.238 e. The van der Waals surface area contributed by atoms with Gasteiger partial charge in [-0.25, -0.2) is 0 Å². The Balaban J connectivity index is 2.23. The van der Waals surface area contributed by atoms with Crippen molar-refractivity contribution >= 4 is 29.4 Å². The van der Waals surface area contributed by atoms with Gasteiger partial charge in [0.25, 0.3) is 0 Å². The minimum absolute atomic E-state index is 0.0225. The first-order valence-corrected chi connectivity index (χ1v) is 6.89. The van der Waals surface area contributed by atoms with Crippen molar-refractivity contribution in [1.82, 2.24) is 10.6 Å². The van der Waals surface area contributed by atoms with Crippen molar-refractivity contribution in [3.05, 3.63) is 0 Å². The maximum Gasteiger partial charge on any atom is 0.238 e. The van der Waals surface area contributed by atoms with E-state index in [2.05, 4.69) is 10.6 Å². The number of hydrogen-bond acceptors (Lipinski definition) is 4. The molecule has 1 heterocycles. The third-order valence-corrected chi connectivity index (χ3v) is 3.61. The molecular formula is C8H16N2OS2. The molecule has 0 aliphatic carbocycles. The highest BCUT2D eigenvalue weighted by Gasteiger charge is 2.22. The summed E-state index contributed by atoms with van der Waals surface area (Å²) < 4.78 is 0. The van der Waals surface area contributed by atoms with Crippen molar-refractivity contribution in [3.8, 4) is 0 Å². The molecule has 0 spiro atoms. The molecule has 0 aromatic rings. The predicted molar refractivity (Wildman–Crippen MR) is 60.2 cm³/mol. The van der Waals surface area contributed by atoms with E-state index >= 15 is 0 Å². The summed E-state index contributed by atoms with van der Waals surface area (Å²) in [6.07, 6.45) is 2.05. The number of carbonyl (C=O) groups is 1. The minimum Gasteiger partial charge on any atom is -0.351 e. The van der Waals surface area contributed by atoms with Crippen LogP contribution >= 0.6 is 23.5 Å². The highest BCUT2D eigenvalue weighted by molar-refractivity contribution is 7.99. The summed E-state index contributed by atoms with van der Waals surface area (Å²) in [5.74, 6) is 2.92. The zero-order valence-electron chi connectivity index (χ0n) is 8.00. The summed E-state index contributed by atoms with van der Waals surface area (Å²) in [5, 5.41) is 6.14. The summed E-state index contributed by atoms with van der Waals surface area (Å²) >= 11 is 3.53. The normalized spacial score (nSPS) is 24.3. The van der Waals surface area contributed by atoms with Gasteiger partial charge in [0.2, 0.25) is 5.91 Å². The van der Waals surface area contributed by atoms with Gasteiger partial charge in [0.1, 0.15) is 0 Å². The third kappa shape index (κ3) is 3.79. The highest BCUT2D eigenvalue weighted by Crippen LogP contribution is 2.09. The zero-order chi connectivity index (χ0) is 9.68. The molecule has 2 N–H and O–H groups in total. The standard InChI is InChI=1S/C8H16N2OS2/c1-6(3-12-2)10-8(11)7-4-13-5-9-7/h6-7,9H,3-5H2,1-2H3,(H,10,11)/t6?,7-/m1/s1. The highest BCUT2D eigenvalue weighted by atomic mass is 32.2. The molecule has 1 aliphatic rings. The van der Waals surface area contributed by atoms with Gasteiger partial charge >= 0.3 is 0 Å². The van der Waals surface area contributed by atoms with Gasteiger partial charge in [-0.1, -0.05) is 0 Å². The first-order chi connectivity index (χ1) is 6.24. The molecule has 1 fully saturated rings. The van der Waals surface area contributed by atoms with Gasteiger partial charge in [-0.2, -0.15) is 11.8 Å². The molecule has 0 saturated carbocycles. The Morgan fingerprint density at radius 3 is 3.15 bits per heavy atom. The Kier molecular flexibility index (Phi) is 4.98. The first-order valence-electron chi connectivity index (χ1n) is 4.34. The van der Waals surface area contributed by atoms with E-state index < -0.39 is 0 Å². The van der Waals surface area contributed by atoms with E-state index in [1.807, 2.05) is 13.2 Å². The summed E-state index contributed by atoms with van der Waals surface area (Å²) in [6, 6.07) is 0.296. The summed E-state index contributed by atoms with van der Waals surface area (Å²) in [6.45, 7) is 2.04. The molecule has 2 atom stereocenters. The number of hydrogen-bond donors (Lipinski definition) is 2. The van der Waals surface area contributed by atoms with Crippen LogP contribution in [0.2, 0.25) is 0 Å². The average molecular weight is 220 g/mol. The van der Waals surface area contributed by atoms with E-state index in [4.69, 9.17) is 0 Å². The van der Waals surface area contributed by atoms with Gasteiger partial charge in [-0.05, 0) is 13.2 Å². The van der Waals surface area contributed by atoms with Gasteiger partial charge in [-0.3, -0.25) is 10.1 Å². The van der Waals surface area contributed by atoms with Crippen LogP contribution in [0.5, 0.6) is 0 Å². The number of rotatable bonds is 4. The van der Waals surface area contributed by atoms with Crippen LogP contribution in [-0.4, -0.2) is 41.6 Å². The molecule has 1 saturated heterocycles. The lowest BCUT2D eigenvalue weighted by Crippen LogP contribution is -2.46. The van der Waals surface area contributed by atoms with Crippen LogP contribution in [0, 0.1) is 0 Å². The second-order valence-electron chi connectivity index (χ2n) is 3.14. The minimum atomic E-state index is 0.0225. The third-order valence-electron chi connectivity index (χ3n) is 1.84. The van der Waals surface area contributed by atoms with Crippen molar-refractivity contribution < 1.29 is 4.79 Å². The Morgan fingerprint density at radius 2 is 2.62 bits per heavy atom. The van der Waals surface area contributed by atoms with Gasteiger partial charge in [0.05, 0.1) is 6.04 Å². The quantitative estimate of drug-likeness (QED) is 0.724. The van der Waals surface area contributed by atoms with Crippen LogP contribution in [0.3, 0.4) is 0 Å². The number of nitrogens with one attached hydrogen (secondary N) is 2. The lowest BCUT2D eigenvalue weighted by molar-refractivity contribution is -0.122. The fourth-order valence-corrected chi connectivity index (χ4v) is 2.72. The van der Waals surface area contributed by atoms with E-state index in [-0.39, 0.29) is 18.0 Å². The van der Waals surface area contributed by atoms with E-state index in [9.17, 15) is 4.79 Å². The number of amides is 1. The van der Waals surface area contributed by atoms with Crippen molar-refractivity contribution in [2.75, 3.05) is 23.6 Å². The molecule has 76 valence electrons. The lowest BCUT2D eigenvalue weighted by atomic mass is 10.3. The monoisotopic (exact) mass is 220 g/mol. The largest absolute Gasteiger partial charge is 0.351 e. The molecule has 1 unspecified atom stereocenters. The second kappa shape index (κ2) is 5.78. The Morgan fingerprint density at radius 1 is 1.85 bits per heavy atom. The molecule has 0 radical (unpaired) electrons. The van der Waals surface area contributed by atoms with Gasteiger partial charge in [-0.15, -0.1) is 11.8 Å². The van der Waals surface area contributed by atoms with Gasteiger partial charge in [0, 0.05) is 23.4 Å². The molecule has 5 heteroatoms. The molecule has 0 aromatic carbocycles. The van der Waals surface area contributed by atoms with Gasteiger partial charge < -0.3 is 5.32 Å². The van der Waals surface area contributed by atoms with Crippen LogP contribution in [0.25, 0.3) is 0 Å². The molecule has 1 rings (SSSR count). The predicted octanol–water partition coefficient (Wildman–Crippen LogP) is 0.517. The average Bonchev–Trinajstić information content (AvgIpc) is 2.55. The fraction of sp³-hybridized carbons (Fsp3) is 0.875. The van der Waals surface area contributed by atoms with Crippen LogP contribution in [0.4, 0.5) is 0 Å². The Labute approximate surface area is 87.8 Å². The maximum absolute atomic E-state index is 11.5. The molecule has 1 amide bonds. The first kappa shape index (κ1) is 11.2. The Bertz CT molecular complexity index is 172. The fourth-order valence-electron chi connectivity index (χ4n) is 1.20. The van der Waals surface area contributed by atoms with Crippen molar-refractivity contribution in [2.45, 2.75) is 19.0 Å². The number of carbonyl (C=O) groups excluding carboxylic acids is 1. The topological polar surface area (TPSA) is 41.1 Å². The summed E-state index contributed by atoms with van der Waals surface area (Å²) in [5.41, 5.74) is 0. The SMILES string of the molecule is CSCC(C)NC(=O)[C@H]1CSCN1. The van der Waals surface area contributed by atoms with Crippen LogP contribution < -0.4 is 10.6 Å². The summed E-state index contributed by atoms with van der Waals surface area (Å²) in [7, 11) is 0. The van der Waals surface area contributed by atoms with Crippen LogP contribution in [0.1, 0.15) is 6.92 Å². The lowest BCUT2D eigenvalue weighted by Gasteiger charge is -2.15. The number of thioether (sulfide) groups is 2. The Hall–Kier alpha value is 0.130. The van der Waals surface area contributed by atoms with E-state index in [0.29, 0.717) is 0 Å². The van der Waals surface area contributed by atoms with Crippen molar-refractivity contribution in [2.24, 2.45) is 0 Å². The maximum atomic E-state index is 11.5. The van der Waals surface area contributed by atoms with E-state index in [1.54, 1.807) is 23.5 Å². The van der Waals surface area contributed by atoms with Gasteiger partial charge in [0.15, 0.2) is 0 Å². The molecule has 3 nitrogen and oxygen atoms in total. The molecule has 1 aliphatic heterocycles. The van der Waals surface area contributed by atoms with Crippen LogP contribution in [0.15, 0.2) is 0 Å². The molecule has 0 bridgehead atoms. The molecular weight excluding hydrogens is 204 g/mol. The van der Waals surface area contributed by atoms with Crippen LogP contribution in [-0.2, 0) is 4.79 Å². The van der Waals surface area contributed by atoms with E-state index in [1.165, 1.54) is 0 Å². The second-order valence-corrected chi connectivity index (χ2v) is 5.08. The van der Waals surface area contributed by atoms with Crippen molar-refractivity contribution in [1.29, 1.82) is 0 Å². The molecule has 0 aromatic heterocycles. The van der Waals surface area contributed by atoms with E-state index in [0.717, 1.165) is 17.4 Å².